The standard InChI is InChI=1S/C15H21BrN2O2/c1-11(8-13-4-2-3-5-14(13)16)17-15(20)18-7-6-12(9-18)10-19/h2-5,11-12,19H,6-10H2,1H3,(H,17,20)/t11-,12-/m1/s1. The first kappa shape index (κ1) is 15.3. The molecule has 2 N–H and O–H groups in total. The van der Waals surface area contributed by atoms with E-state index in [-0.39, 0.29) is 24.6 Å². The number of hydrogen-bond acceptors (Lipinski definition) is 2. The van der Waals surface area contributed by atoms with E-state index in [2.05, 4.69) is 27.3 Å². The van der Waals surface area contributed by atoms with Crippen molar-refractivity contribution in [3.63, 3.8) is 0 Å². The van der Waals surface area contributed by atoms with Crippen LogP contribution in [0.4, 0.5) is 4.79 Å². The van der Waals surface area contributed by atoms with Crippen LogP contribution in [0.5, 0.6) is 0 Å². The predicted molar refractivity (Wildman–Crippen MR) is 82.6 cm³/mol. The molecule has 1 aromatic rings. The summed E-state index contributed by atoms with van der Waals surface area (Å²) in [6.07, 6.45) is 1.69. The molecule has 110 valence electrons. The molecule has 1 heterocycles. The molecular formula is C15H21BrN2O2. The van der Waals surface area contributed by atoms with Crippen molar-refractivity contribution < 1.29 is 9.90 Å². The highest BCUT2D eigenvalue weighted by molar-refractivity contribution is 9.10. The van der Waals surface area contributed by atoms with Gasteiger partial charge in [0, 0.05) is 36.1 Å². The molecule has 20 heavy (non-hydrogen) atoms. The number of aliphatic hydroxyl groups excluding tert-OH is 1. The molecule has 4 nitrogen and oxygen atoms in total. The lowest BCUT2D eigenvalue weighted by atomic mass is 10.1. The van der Waals surface area contributed by atoms with Crippen molar-refractivity contribution in [3.05, 3.63) is 34.3 Å². The lowest BCUT2D eigenvalue weighted by Crippen LogP contribution is -2.43. The summed E-state index contributed by atoms with van der Waals surface area (Å²) in [6, 6.07) is 8.10. The van der Waals surface area contributed by atoms with E-state index in [9.17, 15) is 4.79 Å². The SMILES string of the molecule is C[C@H](Cc1ccccc1Br)NC(=O)N1CC[C@@H](CO)C1. The van der Waals surface area contributed by atoms with Gasteiger partial charge in [0.2, 0.25) is 0 Å². The highest BCUT2D eigenvalue weighted by Gasteiger charge is 2.26. The van der Waals surface area contributed by atoms with Gasteiger partial charge in [0.1, 0.15) is 0 Å². The molecule has 0 aromatic heterocycles. The van der Waals surface area contributed by atoms with E-state index in [0.29, 0.717) is 6.54 Å². The Balaban J connectivity index is 1.84. The molecular weight excluding hydrogens is 320 g/mol. The molecule has 2 rings (SSSR count). The normalized spacial score (nSPS) is 19.9. The largest absolute Gasteiger partial charge is 0.396 e. The summed E-state index contributed by atoms with van der Waals surface area (Å²) in [7, 11) is 0. The van der Waals surface area contributed by atoms with Crippen LogP contribution in [-0.2, 0) is 6.42 Å². The summed E-state index contributed by atoms with van der Waals surface area (Å²) in [4.78, 5) is 13.9. The van der Waals surface area contributed by atoms with Crippen molar-refractivity contribution >= 4 is 22.0 Å². The maximum absolute atomic E-state index is 12.1. The summed E-state index contributed by atoms with van der Waals surface area (Å²) in [5.41, 5.74) is 1.19. The molecule has 0 saturated carbocycles. The van der Waals surface area contributed by atoms with Gasteiger partial charge in [-0.1, -0.05) is 34.1 Å². The first-order chi connectivity index (χ1) is 9.60. The summed E-state index contributed by atoms with van der Waals surface area (Å²) < 4.78 is 1.07. The molecule has 1 aliphatic rings. The molecule has 0 bridgehead atoms. The molecule has 2 atom stereocenters. The number of rotatable bonds is 4. The second-order valence-corrected chi connectivity index (χ2v) is 6.28. The third kappa shape index (κ3) is 3.96. The molecule has 1 saturated heterocycles. The van der Waals surface area contributed by atoms with Crippen molar-refractivity contribution in [2.24, 2.45) is 5.92 Å². The van der Waals surface area contributed by atoms with E-state index < -0.39 is 0 Å². The lowest BCUT2D eigenvalue weighted by Gasteiger charge is -2.21. The number of nitrogens with one attached hydrogen (secondary N) is 1. The van der Waals surface area contributed by atoms with Gasteiger partial charge in [-0.25, -0.2) is 4.79 Å². The van der Waals surface area contributed by atoms with Crippen LogP contribution < -0.4 is 5.32 Å². The zero-order valence-corrected chi connectivity index (χ0v) is 13.3. The van der Waals surface area contributed by atoms with Crippen LogP contribution in [0.25, 0.3) is 0 Å². The number of nitrogens with zero attached hydrogens (tertiary/aromatic N) is 1. The average Bonchev–Trinajstić information content (AvgIpc) is 2.90. The van der Waals surface area contributed by atoms with E-state index in [1.807, 2.05) is 25.1 Å². The Labute approximate surface area is 128 Å². The smallest absolute Gasteiger partial charge is 0.317 e. The van der Waals surface area contributed by atoms with Gasteiger partial charge in [-0.3, -0.25) is 0 Å². The Kier molecular flexibility index (Phi) is 5.43. The molecule has 0 spiro atoms. The topological polar surface area (TPSA) is 52.6 Å². The first-order valence-electron chi connectivity index (χ1n) is 7.00. The van der Waals surface area contributed by atoms with Crippen LogP contribution in [0.1, 0.15) is 18.9 Å². The van der Waals surface area contributed by atoms with E-state index in [1.54, 1.807) is 4.90 Å². The number of aliphatic hydroxyl groups is 1. The minimum Gasteiger partial charge on any atom is -0.396 e. The van der Waals surface area contributed by atoms with Gasteiger partial charge in [0.15, 0.2) is 0 Å². The maximum atomic E-state index is 12.1. The molecule has 1 aliphatic heterocycles. The van der Waals surface area contributed by atoms with Gasteiger partial charge in [-0.2, -0.15) is 0 Å². The number of halogens is 1. The van der Waals surface area contributed by atoms with Crippen molar-refractivity contribution in [1.82, 2.24) is 10.2 Å². The van der Waals surface area contributed by atoms with Crippen molar-refractivity contribution in [3.8, 4) is 0 Å². The van der Waals surface area contributed by atoms with Gasteiger partial charge in [-0.05, 0) is 31.4 Å². The molecule has 0 radical (unpaired) electrons. The average molecular weight is 341 g/mol. The van der Waals surface area contributed by atoms with Crippen LogP contribution >= 0.6 is 15.9 Å². The second kappa shape index (κ2) is 7.09. The highest BCUT2D eigenvalue weighted by atomic mass is 79.9. The summed E-state index contributed by atoms with van der Waals surface area (Å²) in [6.45, 7) is 3.57. The summed E-state index contributed by atoms with van der Waals surface area (Å²) in [5.74, 6) is 0.235. The molecule has 2 amide bonds. The van der Waals surface area contributed by atoms with Crippen molar-refractivity contribution in [2.75, 3.05) is 19.7 Å². The Hall–Kier alpha value is -1.07. The third-order valence-corrected chi connectivity index (χ3v) is 4.46. The fraction of sp³-hybridized carbons (Fsp3) is 0.533. The monoisotopic (exact) mass is 340 g/mol. The van der Waals surface area contributed by atoms with Crippen LogP contribution in [0.2, 0.25) is 0 Å². The van der Waals surface area contributed by atoms with Crippen molar-refractivity contribution in [2.45, 2.75) is 25.8 Å². The number of likely N-dealkylation sites (tertiary alicyclic amines) is 1. The number of benzene rings is 1. The maximum Gasteiger partial charge on any atom is 0.317 e. The second-order valence-electron chi connectivity index (χ2n) is 5.43. The number of amides is 2. The Morgan fingerprint density at radius 2 is 2.30 bits per heavy atom. The van der Waals surface area contributed by atoms with Crippen LogP contribution in [0.15, 0.2) is 28.7 Å². The Morgan fingerprint density at radius 3 is 2.95 bits per heavy atom. The molecule has 1 aromatic carbocycles. The van der Waals surface area contributed by atoms with Crippen LogP contribution in [-0.4, -0.2) is 41.8 Å². The van der Waals surface area contributed by atoms with Gasteiger partial charge in [0.05, 0.1) is 0 Å². The van der Waals surface area contributed by atoms with Gasteiger partial charge < -0.3 is 15.3 Å². The van der Waals surface area contributed by atoms with E-state index >= 15 is 0 Å². The third-order valence-electron chi connectivity index (χ3n) is 3.69. The van der Waals surface area contributed by atoms with E-state index in [4.69, 9.17) is 5.11 Å². The zero-order chi connectivity index (χ0) is 14.5. The lowest BCUT2D eigenvalue weighted by molar-refractivity contribution is 0.195. The van der Waals surface area contributed by atoms with Gasteiger partial charge in [-0.15, -0.1) is 0 Å². The molecule has 0 aliphatic carbocycles. The minimum atomic E-state index is -0.0273. The first-order valence-corrected chi connectivity index (χ1v) is 7.79. The quantitative estimate of drug-likeness (QED) is 0.884. The van der Waals surface area contributed by atoms with Crippen LogP contribution in [0.3, 0.4) is 0 Å². The molecule has 0 unspecified atom stereocenters. The van der Waals surface area contributed by atoms with Crippen LogP contribution in [0, 0.1) is 5.92 Å². The molecule has 5 heteroatoms. The summed E-state index contributed by atoms with van der Waals surface area (Å²) in [5, 5.41) is 12.1. The fourth-order valence-corrected chi connectivity index (χ4v) is 2.96. The number of carbonyl (C=O) groups is 1. The summed E-state index contributed by atoms with van der Waals surface area (Å²) >= 11 is 3.52. The van der Waals surface area contributed by atoms with E-state index in [1.165, 1.54) is 5.56 Å². The minimum absolute atomic E-state index is 0.0273. The Bertz CT molecular complexity index is 467. The molecule has 1 fully saturated rings. The van der Waals surface area contributed by atoms with Gasteiger partial charge in [0.25, 0.3) is 0 Å². The zero-order valence-electron chi connectivity index (χ0n) is 11.7. The predicted octanol–water partition coefficient (Wildman–Crippen LogP) is 2.40. The number of urea groups is 1. The van der Waals surface area contributed by atoms with E-state index in [0.717, 1.165) is 23.9 Å². The Morgan fingerprint density at radius 1 is 1.55 bits per heavy atom. The van der Waals surface area contributed by atoms with Gasteiger partial charge >= 0.3 is 6.03 Å². The highest BCUT2D eigenvalue weighted by Crippen LogP contribution is 2.18. The van der Waals surface area contributed by atoms with Crippen molar-refractivity contribution in [1.29, 1.82) is 0 Å². The fourth-order valence-electron chi connectivity index (χ4n) is 2.51. The number of hydrogen-bond donors (Lipinski definition) is 2. The number of carbonyl (C=O) groups excluding carboxylic acids is 1.